The average molecular weight is 650 g/mol. The molecule has 46 heavy (non-hydrogen) atoms. The van der Waals surface area contributed by atoms with Crippen molar-refractivity contribution in [2.45, 2.75) is 57.1 Å². The maximum Gasteiger partial charge on any atom is 0.424 e. The highest BCUT2D eigenvalue weighted by Crippen LogP contribution is 2.40. The molecule has 10 nitrogen and oxygen atoms in total. The van der Waals surface area contributed by atoms with Gasteiger partial charge in [0.05, 0.1) is 32.0 Å². The van der Waals surface area contributed by atoms with Gasteiger partial charge in [-0.15, -0.1) is 0 Å². The Balaban J connectivity index is 1.56. The number of rotatable bonds is 12. The largest absolute Gasteiger partial charge is 0.493 e. The fourth-order valence-electron chi connectivity index (χ4n) is 4.15. The van der Waals surface area contributed by atoms with Crippen LogP contribution in [-0.2, 0) is 10.3 Å². The second kappa shape index (κ2) is 13.8. The van der Waals surface area contributed by atoms with E-state index in [0.29, 0.717) is 5.75 Å². The zero-order valence-electron chi connectivity index (χ0n) is 25.7. The van der Waals surface area contributed by atoms with Gasteiger partial charge in [0.25, 0.3) is 5.91 Å². The molecule has 0 radical (unpaired) electrons. The number of ether oxygens (including phenoxy) is 4. The first kappa shape index (κ1) is 34.3. The van der Waals surface area contributed by atoms with E-state index < -0.39 is 47.4 Å². The summed E-state index contributed by atoms with van der Waals surface area (Å²) in [5, 5.41) is 15.7. The summed E-state index contributed by atoms with van der Waals surface area (Å²) >= 11 is 0. The molecular weight excluding hydrogens is 614 g/mol. The van der Waals surface area contributed by atoms with Gasteiger partial charge in [-0.2, -0.15) is 13.2 Å². The lowest BCUT2D eigenvalue weighted by Crippen LogP contribution is -2.51. The highest BCUT2D eigenvalue weighted by atomic mass is 19.4. The molecule has 1 unspecified atom stereocenters. The van der Waals surface area contributed by atoms with E-state index in [0.717, 1.165) is 37.1 Å². The van der Waals surface area contributed by atoms with Crippen molar-refractivity contribution < 1.29 is 51.2 Å². The van der Waals surface area contributed by atoms with Gasteiger partial charge in [-0.1, -0.05) is 0 Å². The molecule has 3 N–H and O–H groups in total. The number of nitrogens with zero attached hydrogens (tertiary/aromatic N) is 1. The van der Waals surface area contributed by atoms with Crippen LogP contribution in [0.2, 0.25) is 0 Å². The van der Waals surface area contributed by atoms with Crippen molar-refractivity contribution in [2.75, 3.05) is 26.8 Å². The molecule has 2 amide bonds. The van der Waals surface area contributed by atoms with Crippen LogP contribution in [0, 0.1) is 5.82 Å². The molecule has 1 saturated carbocycles. The maximum absolute atomic E-state index is 14.5. The Morgan fingerprint density at radius 1 is 0.957 bits per heavy atom. The third kappa shape index (κ3) is 8.77. The van der Waals surface area contributed by atoms with Crippen LogP contribution < -0.4 is 24.8 Å². The van der Waals surface area contributed by atoms with Gasteiger partial charge >= 0.3 is 12.3 Å². The third-order valence-electron chi connectivity index (χ3n) is 6.65. The number of pyridine rings is 1. The number of aliphatic hydroxyl groups is 1. The summed E-state index contributed by atoms with van der Waals surface area (Å²) < 4.78 is 78.9. The summed E-state index contributed by atoms with van der Waals surface area (Å²) in [5.74, 6) is -0.880. The average Bonchev–Trinajstić information content (AvgIpc) is 3.81. The molecule has 0 aliphatic heterocycles. The molecule has 2 aromatic carbocycles. The second-order valence-electron chi connectivity index (χ2n) is 11.6. The van der Waals surface area contributed by atoms with Crippen LogP contribution >= 0.6 is 0 Å². The molecule has 1 atom stereocenters. The molecule has 1 aromatic heterocycles. The Bertz CT molecular complexity index is 1540. The molecule has 0 spiro atoms. The van der Waals surface area contributed by atoms with Crippen LogP contribution in [0.4, 0.5) is 22.4 Å². The van der Waals surface area contributed by atoms with Crippen molar-refractivity contribution in [3.05, 3.63) is 71.7 Å². The third-order valence-corrected chi connectivity index (χ3v) is 6.65. The number of hydrogen-bond donors (Lipinski definition) is 3. The first-order valence-electron chi connectivity index (χ1n) is 14.4. The number of amides is 2. The number of nitrogens with one attached hydrogen (secondary N) is 2. The van der Waals surface area contributed by atoms with Crippen molar-refractivity contribution >= 4 is 12.0 Å². The minimum Gasteiger partial charge on any atom is -0.493 e. The fourth-order valence-corrected chi connectivity index (χ4v) is 4.15. The lowest BCUT2D eigenvalue weighted by Gasteiger charge is -2.30. The Morgan fingerprint density at radius 3 is 2.24 bits per heavy atom. The molecule has 1 heterocycles. The zero-order chi connectivity index (χ0) is 33.7. The monoisotopic (exact) mass is 649 g/mol. The molecule has 14 heteroatoms. The summed E-state index contributed by atoms with van der Waals surface area (Å²) in [6, 6.07) is 11.0. The quantitative estimate of drug-likeness (QED) is 0.173. The number of halogens is 4. The SMILES string of the molecule is COc1cc(C(=O)NCC(O)(c2ccc(OCCNC(=O)OC(C)(C)C)c(-c3ccc(F)cc3)n2)C(F)(F)F)ccc1OC1CC1. The van der Waals surface area contributed by atoms with Gasteiger partial charge in [0.2, 0.25) is 5.60 Å². The highest BCUT2D eigenvalue weighted by Gasteiger charge is 2.56. The Kier molecular flexibility index (Phi) is 10.3. The van der Waals surface area contributed by atoms with Gasteiger partial charge in [-0.25, -0.2) is 14.2 Å². The number of benzene rings is 2. The van der Waals surface area contributed by atoms with Gasteiger partial charge in [0.1, 0.15) is 29.5 Å². The van der Waals surface area contributed by atoms with Gasteiger partial charge in [0.15, 0.2) is 11.5 Å². The number of alkyl carbamates (subject to hydrolysis) is 1. The summed E-state index contributed by atoms with van der Waals surface area (Å²) in [5.41, 5.74) is -5.17. The van der Waals surface area contributed by atoms with Crippen LogP contribution in [-0.4, -0.2) is 66.8 Å². The van der Waals surface area contributed by atoms with Gasteiger partial charge < -0.3 is 34.7 Å². The van der Waals surface area contributed by atoms with E-state index in [1.807, 2.05) is 0 Å². The van der Waals surface area contributed by atoms with E-state index in [1.54, 1.807) is 20.8 Å². The molecular formula is C32H35F4N3O7. The van der Waals surface area contributed by atoms with Crippen molar-refractivity contribution in [2.24, 2.45) is 0 Å². The number of methoxy groups -OCH3 is 1. The van der Waals surface area contributed by atoms with Gasteiger partial charge in [-0.3, -0.25) is 4.79 Å². The number of carbonyl (C=O) groups is 2. The summed E-state index contributed by atoms with van der Waals surface area (Å²) in [6.07, 6.45) is -4.16. The lowest BCUT2D eigenvalue weighted by molar-refractivity contribution is -0.265. The fraction of sp³-hybridized carbons (Fsp3) is 0.406. The molecule has 0 bridgehead atoms. The van der Waals surface area contributed by atoms with E-state index in [9.17, 15) is 32.3 Å². The van der Waals surface area contributed by atoms with Crippen LogP contribution in [0.1, 0.15) is 49.7 Å². The normalized spacial score (nSPS) is 14.5. The number of hydrogen-bond acceptors (Lipinski definition) is 8. The van der Waals surface area contributed by atoms with Crippen LogP contribution in [0.5, 0.6) is 17.2 Å². The molecule has 3 aromatic rings. The van der Waals surface area contributed by atoms with Gasteiger partial charge in [-0.05, 0) is 88.2 Å². The lowest BCUT2D eigenvalue weighted by atomic mass is 9.96. The Hall–Kier alpha value is -4.59. The predicted octanol–water partition coefficient (Wildman–Crippen LogP) is 5.52. The minimum atomic E-state index is -5.29. The summed E-state index contributed by atoms with van der Waals surface area (Å²) in [7, 11) is 1.37. The highest BCUT2D eigenvalue weighted by molar-refractivity contribution is 5.95. The summed E-state index contributed by atoms with van der Waals surface area (Å²) in [4.78, 5) is 28.9. The molecule has 1 aliphatic rings. The minimum absolute atomic E-state index is 0.00416. The van der Waals surface area contributed by atoms with E-state index >= 15 is 0 Å². The van der Waals surface area contributed by atoms with E-state index in [-0.39, 0.29) is 47.6 Å². The van der Waals surface area contributed by atoms with Crippen molar-refractivity contribution in [1.29, 1.82) is 0 Å². The Labute approximate surface area is 263 Å². The van der Waals surface area contributed by atoms with Crippen LogP contribution in [0.25, 0.3) is 11.3 Å². The van der Waals surface area contributed by atoms with Crippen molar-refractivity contribution in [3.8, 4) is 28.5 Å². The Morgan fingerprint density at radius 2 is 1.63 bits per heavy atom. The molecule has 0 saturated heterocycles. The van der Waals surface area contributed by atoms with Crippen molar-refractivity contribution in [1.82, 2.24) is 15.6 Å². The maximum atomic E-state index is 14.5. The molecule has 248 valence electrons. The predicted molar refractivity (Wildman–Crippen MR) is 158 cm³/mol. The van der Waals surface area contributed by atoms with Crippen LogP contribution in [0.3, 0.4) is 0 Å². The topological polar surface area (TPSA) is 128 Å². The van der Waals surface area contributed by atoms with E-state index in [2.05, 4.69) is 15.6 Å². The van der Waals surface area contributed by atoms with Gasteiger partial charge in [0, 0.05) is 11.1 Å². The van der Waals surface area contributed by atoms with Crippen LogP contribution in [0.15, 0.2) is 54.6 Å². The van der Waals surface area contributed by atoms with E-state index in [4.69, 9.17) is 18.9 Å². The zero-order valence-corrected chi connectivity index (χ0v) is 25.7. The number of aromatic nitrogens is 1. The first-order chi connectivity index (χ1) is 21.6. The smallest absolute Gasteiger partial charge is 0.424 e. The van der Waals surface area contributed by atoms with Crippen molar-refractivity contribution in [3.63, 3.8) is 0 Å². The second-order valence-corrected chi connectivity index (χ2v) is 11.6. The molecule has 4 rings (SSSR count). The molecule has 1 aliphatic carbocycles. The number of alkyl halides is 3. The number of carbonyl (C=O) groups excluding carboxylic acids is 2. The summed E-state index contributed by atoms with van der Waals surface area (Å²) in [6.45, 7) is 3.65. The van der Waals surface area contributed by atoms with E-state index in [1.165, 1.54) is 37.4 Å². The first-order valence-corrected chi connectivity index (χ1v) is 14.4. The molecule has 1 fully saturated rings. The standard InChI is InChI=1S/C32H35F4N3O7/c1-30(2,3)46-29(41)37-15-16-44-24-13-14-26(39-27(24)19-5-8-21(33)9-6-19)31(42,32(34,35)36)18-38-28(40)20-7-12-23(25(17-20)43-4)45-22-10-11-22/h5-9,12-14,17,22,42H,10-11,15-16,18H2,1-4H3,(H,37,41)(H,38,40).